The Kier molecular flexibility index (Phi) is 5.11. The summed E-state index contributed by atoms with van der Waals surface area (Å²) in [5.41, 5.74) is 0.733. The van der Waals surface area contributed by atoms with Crippen molar-refractivity contribution in [2.24, 2.45) is 0 Å². The number of carbonyl (C=O) groups excluding carboxylic acids is 1. The summed E-state index contributed by atoms with van der Waals surface area (Å²) in [5.74, 6) is -0.262. The smallest absolute Gasteiger partial charge is 0.270 e. The normalized spacial score (nSPS) is 11.6. The molecule has 0 spiro atoms. The Morgan fingerprint density at radius 2 is 2.41 bits per heavy atom. The van der Waals surface area contributed by atoms with E-state index in [0.29, 0.717) is 24.5 Å². The number of aromatic nitrogens is 1. The van der Waals surface area contributed by atoms with E-state index in [4.69, 9.17) is 10.00 Å². The highest BCUT2D eigenvalue weighted by molar-refractivity contribution is 5.92. The maximum atomic E-state index is 11.7. The molecule has 1 N–H and O–H groups in total. The zero-order chi connectivity index (χ0) is 12.7. The van der Waals surface area contributed by atoms with Crippen LogP contribution in [0.25, 0.3) is 0 Å². The molecule has 5 nitrogen and oxygen atoms in total. The molecule has 1 heterocycles. The highest BCUT2D eigenvalue weighted by Gasteiger charge is 2.10. The fourth-order valence-electron chi connectivity index (χ4n) is 1.23. The van der Waals surface area contributed by atoms with Crippen LogP contribution in [0.5, 0.6) is 0 Å². The molecule has 0 aromatic carbocycles. The van der Waals surface area contributed by atoms with Crippen LogP contribution in [0.1, 0.15) is 29.9 Å². The van der Waals surface area contributed by atoms with Crippen LogP contribution in [0.15, 0.2) is 18.3 Å². The zero-order valence-electron chi connectivity index (χ0n) is 9.93. The lowest BCUT2D eigenvalue weighted by Crippen LogP contribution is -2.36. The molecule has 1 atom stereocenters. The van der Waals surface area contributed by atoms with Gasteiger partial charge in [0.25, 0.3) is 5.91 Å². The summed E-state index contributed by atoms with van der Waals surface area (Å²) in [5, 5.41) is 11.4. The molecule has 0 saturated heterocycles. The van der Waals surface area contributed by atoms with Crippen molar-refractivity contribution in [1.29, 1.82) is 5.26 Å². The molecule has 0 aliphatic heterocycles. The van der Waals surface area contributed by atoms with Crippen LogP contribution in [-0.2, 0) is 4.74 Å². The van der Waals surface area contributed by atoms with Gasteiger partial charge in [-0.3, -0.25) is 4.79 Å². The Morgan fingerprint density at radius 3 is 2.94 bits per heavy atom. The number of nitrogens with one attached hydrogen (secondary N) is 1. The summed E-state index contributed by atoms with van der Waals surface area (Å²) in [6.45, 7) is 4.85. The summed E-state index contributed by atoms with van der Waals surface area (Å²) < 4.78 is 5.19. The molecular formula is C12H15N3O2. The first-order chi connectivity index (χ1) is 8.17. The van der Waals surface area contributed by atoms with E-state index in [1.54, 1.807) is 6.07 Å². The van der Waals surface area contributed by atoms with Gasteiger partial charge in [-0.2, -0.15) is 5.26 Å². The summed E-state index contributed by atoms with van der Waals surface area (Å²) in [6.07, 6.45) is 1.38. The molecule has 0 aliphatic carbocycles. The van der Waals surface area contributed by atoms with Gasteiger partial charge in [0, 0.05) is 18.8 Å². The largest absolute Gasteiger partial charge is 0.380 e. The first kappa shape index (κ1) is 13.1. The lowest BCUT2D eigenvalue weighted by Gasteiger charge is -2.13. The fraction of sp³-hybridized carbons (Fsp3) is 0.417. The molecule has 5 heteroatoms. The van der Waals surface area contributed by atoms with Crippen molar-refractivity contribution in [3.8, 4) is 6.07 Å². The van der Waals surface area contributed by atoms with Gasteiger partial charge in [-0.25, -0.2) is 4.98 Å². The van der Waals surface area contributed by atoms with Crippen molar-refractivity contribution in [2.45, 2.75) is 19.9 Å². The van der Waals surface area contributed by atoms with Crippen molar-refractivity contribution >= 4 is 5.91 Å². The minimum absolute atomic E-state index is 0.0695. The van der Waals surface area contributed by atoms with Crippen LogP contribution >= 0.6 is 0 Å². The van der Waals surface area contributed by atoms with Gasteiger partial charge >= 0.3 is 0 Å². The van der Waals surface area contributed by atoms with Crippen molar-refractivity contribution in [3.63, 3.8) is 0 Å². The number of pyridine rings is 1. The van der Waals surface area contributed by atoms with Gasteiger partial charge in [0.05, 0.1) is 12.2 Å². The van der Waals surface area contributed by atoms with E-state index in [1.165, 1.54) is 12.3 Å². The third-order valence-electron chi connectivity index (χ3n) is 2.07. The number of nitriles is 1. The van der Waals surface area contributed by atoms with Gasteiger partial charge in [-0.15, -0.1) is 0 Å². The second kappa shape index (κ2) is 6.61. The van der Waals surface area contributed by atoms with E-state index in [-0.39, 0.29) is 11.9 Å². The Morgan fingerprint density at radius 1 is 1.65 bits per heavy atom. The molecule has 0 saturated carbocycles. The van der Waals surface area contributed by atoms with E-state index >= 15 is 0 Å². The molecule has 90 valence electrons. The van der Waals surface area contributed by atoms with E-state index < -0.39 is 0 Å². The highest BCUT2D eigenvalue weighted by Crippen LogP contribution is 1.99. The van der Waals surface area contributed by atoms with Crippen LogP contribution in [-0.4, -0.2) is 30.1 Å². The Balaban J connectivity index is 2.54. The summed E-state index contributed by atoms with van der Waals surface area (Å²) in [4.78, 5) is 15.6. The number of hydrogen-bond acceptors (Lipinski definition) is 4. The molecular weight excluding hydrogens is 218 g/mol. The van der Waals surface area contributed by atoms with Gasteiger partial charge in [-0.1, -0.05) is 0 Å². The molecule has 1 rings (SSSR count). The minimum Gasteiger partial charge on any atom is -0.380 e. The Hall–Kier alpha value is -1.93. The third-order valence-corrected chi connectivity index (χ3v) is 2.07. The zero-order valence-corrected chi connectivity index (χ0v) is 9.93. The van der Waals surface area contributed by atoms with Gasteiger partial charge in [-0.05, 0) is 26.0 Å². The maximum absolute atomic E-state index is 11.7. The summed E-state index contributed by atoms with van der Waals surface area (Å²) >= 11 is 0. The molecule has 0 aliphatic rings. The van der Waals surface area contributed by atoms with E-state index in [1.807, 2.05) is 19.9 Å². The molecule has 0 bridgehead atoms. The van der Waals surface area contributed by atoms with E-state index in [0.717, 1.165) is 0 Å². The van der Waals surface area contributed by atoms with E-state index in [2.05, 4.69) is 10.3 Å². The van der Waals surface area contributed by atoms with Gasteiger partial charge in [0.15, 0.2) is 0 Å². The van der Waals surface area contributed by atoms with Crippen molar-refractivity contribution in [1.82, 2.24) is 10.3 Å². The van der Waals surface area contributed by atoms with Crippen molar-refractivity contribution in [2.75, 3.05) is 13.2 Å². The Labute approximate surface area is 100 Å². The van der Waals surface area contributed by atoms with Crippen molar-refractivity contribution in [3.05, 3.63) is 29.6 Å². The number of amides is 1. The fourth-order valence-corrected chi connectivity index (χ4v) is 1.23. The summed E-state index contributed by atoms with van der Waals surface area (Å²) in [6, 6.07) is 4.97. The predicted molar refractivity (Wildman–Crippen MR) is 62.4 cm³/mol. The van der Waals surface area contributed by atoms with Crippen LogP contribution < -0.4 is 5.32 Å². The molecule has 1 amide bonds. The lowest BCUT2D eigenvalue weighted by atomic mass is 10.2. The summed E-state index contributed by atoms with van der Waals surface area (Å²) in [7, 11) is 0. The second-order valence-electron chi connectivity index (χ2n) is 3.58. The first-order valence-electron chi connectivity index (χ1n) is 5.42. The van der Waals surface area contributed by atoms with Gasteiger partial charge in [0.1, 0.15) is 11.8 Å². The average Bonchev–Trinajstić information content (AvgIpc) is 2.36. The second-order valence-corrected chi connectivity index (χ2v) is 3.58. The quantitative estimate of drug-likeness (QED) is 0.826. The molecule has 0 radical (unpaired) electrons. The highest BCUT2D eigenvalue weighted by atomic mass is 16.5. The third kappa shape index (κ3) is 4.21. The number of ether oxygens (including phenoxy) is 1. The maximum Gasteiger partial charge on any atom is 0.270 e. The topological polar surface area (TPSA) is 75.0 Å². The minimum atomic E-state index is -0.262. The van der Waals surface area contributed by atoms with Crippen LogP contribution in [0.3, 0.4) is 0 Å². The van der Waals surface area contributed by atoms with Crippen LogP contribution in [0, 0.1) is 11.3 Å². The first-order valence-corrected chi connectivity index (χ1v) is 5.42. The Bertz CT molecular complexity index is 409. The lowest BCUT2D eigenvalue weighted by molar-refractivity contribution is 0.0867. The van der Waals surface area contributed by atoms with E-state index in [9.17, 15) is 4.79 Å². The standard InChI is InChI=1S/C12H15N3O2/c1-3-17-8-9(2)15-12(16)11-5-4-10(6-13)7-14-11/h4-5,7,9H,3,8H2,1-2H3,(H,15,16). The monoisotopic (exact) mass is 233 g/mol. The van der Waals surface area contributed by atoms with Gasteiger partial charge in [0.2, 0.25) is 0 Å². The molecule has 1 aromatic heterocycles. The number of rotatable bonds is 5. The average molecular weight is 233 g/mol. The van der Waals surface area contributed by atoms with Gasteiger partial charge < -0.3 is 10.1 Å². The number of nitrogens with zero attached hydrogens (tertiary/aromatic N) is 2. The SMILES string of the molecule is CCOCC(C)NC(=O)c1ccc(C#N)cn1. The number of hydrogen-bond donors (Lipinski definition) is 1. The van der Waals surface area contributed by atoms with Crippen molar-refractivity contribution < 1.29 is 9.53 Å². The van der Waals surface area contributed by atoms with Crippen LogP contribution in [0.4, 0.5) is 0 Å². The molecule has 17 heavy (non-hydrogen) atoms. The molecule has 0 fully saturated rings. The predicted octanol–water partition coefficient (Wildman–Crippen LogP) is 1.11. The number of carbonyl (C=O) groups is 1. The molecule has 1 unspecified atom stereocenters. The molecule has 1 aromatic rings. The van der Waals surface area contributed by atoms with Crippen LogP contribution in [0.2, 0.25) is 0 Å².